The lowest BCUT2D eigenvalue weighted by Gasteiger charge is -2.05. The van der Waals surface area contributed by atoms with E-state index in [-0.39, 0.29) is 5.28 Å². The Morgan fingerprint density at radius 2 is 0.939 bits per heavy atom. The van der Waals surface area contributed by atoms with Crippen LogP contribution in [0, 0.1) is 0 Å². The maximum Gasteiger partial charge on any atom is 0.226 e. The van der Waals surface area contributed by atoms with Crippen molar-refractivity contribution in [1.29, 1.82) is 0 Å². The van der Waals surface area contributed by atoms with Gasteiger partial charge in [0, 0.05) is 32.7 Å². The van der Waals surface area contributed by atoms with Gasteiger partial charge in [-0.15, -0.1) is 0 Å². The van der Waals surface area contributed by atoms with Gasteiger partial charge in [0.15, 0.2) is 11.6 Å². The molecule has 0 N–H and O–H groups in total. The van der Waals surface area contributed by atoms with E-state index in [0.717, 1.165) is 55.0 Å². The Bertz CT molecular complexity index is 1720. The second kappa shape index (κ2) is 6.89. The van der Waals surface area contributed by atoms with E-state index >= 15 is 0 Å². The molecule has 0 fully saturated rings. The van der Waals surface area contributed by atoms with Gasteiger partial charge in [0.05, 0.1) is 0 Å². The predicted molar refractivity (Wildman–Crippen MR) is 130 cm³/mol. The van der Waals surface area contributed by atoms with E-state index in [1.54, 1.807) is 0 Å². The largest absolute Gasteiger partial charge is 0.456 e. The fourth-order valence-electron chi connectivity index (χ4n) is 4.34. The van der Waals surface area contributed by atoms with Gasteiger partial charge in [0.1, 0.15) is 22.3 Å². The van der Waals surface area contributed by atoms with Crippen LogP contribution in [-0.2, 0) is 0 Å². The lowest BCUT2D eigenvalue weighted by Crippen LogP contribution is -1.97. The molecule has 33 heavy (non-hydrogen) atoms. The van der Waals surface area contributed by atoms with E-state index in [4.69, 9.17) is 25.4 Å². The predicted octanol–water partition coefficient (Wildman–Crippen LogP) is 7.66. The number of halogens is 1. The summed E-state index contributed by atoms with van der Waals surface area (Å²) in [4.78, 5) is 13.5. The molecule has 156 valence electrons. The maximum absolute atomic E-state index is 6.33. The zero-order valence-electron chi connectivity index (χ0n) is 17.1. The molecule has 0 bridgehead atoms. The number of para-hydroxylation sites is 2. The fourth-order valence-corrected chi connectivity index (χ4v) is 4.50. The highest BCUT2D eigenvalue weighted by Gasteiger charge is 2.14. The van der Waals surface area contributed by atoms with Crippen LogP contribution in [0.2, 0.25) is 5.28 Å². The van der Waals surface area contributed by atoms with Crippen LogP contribution in [-0.4, -0.2) is 15.0 Å². The molecule has 0 unspecified atom stereocenters. The molecule has 0 radical (unpaired) electrons. The van der Waals surface area contributed by atoms with Gasteiger partial charge in [-0.1, -0.05) is 36.4 Å². The number of nitrogens with zero attached hydrogens (tertiary/aromatic N) is 3. The van der Waals surface area contributed by atoms with Crippen molar-refractivity contribution < 1.29 is 8.83 Å². The van der Waals surface area contributed by atoms with Gasteiger partial charge in [-0.3, -0.25) is 0 Å². The molecule has 0 amide bonds. The van der Waals surface area contributed by atoms with Crippen LogP contribution in [0.25, 0.3) is 66.7 Å². The van der Waals surface area contributed by atoms with Crippen LogP contribution in [0.3, 0.4) is 0 Å². The first kappa shape index (κ1) is 18.4. The minimum Gasteiger partial charge on any atom is -0.456 e. The molecule has 0 saturated carbocycles. The molecule has 7 aromatic rings. The standard InChI is InChI=1S/C27H14ClN3O2/c28-27-30-25(15-9-11-23-19(13-15)17-5-1-3-7-21(17)32-23)29-26(31-27)16-10-12-24-20(14-16)18-6-2-4-8-22(18)33-24/h1-14H. The van der Waals surface area contributed by atoms with E-state index in [0.29, 0.717) is 11.6 Å². The summed E-state index contributed by atoms with van der Waals surface area (Å²) >= 11 is 6.33. The normalized spacial score (nSPS) is 11.8. The molecule has 0 saturated heterocycles. The fraction of sp³-hybridized carbons (Fsp3) is 0. The highest BCUT2D eigenvalue weighted by Crippen LogP contribution is 2.34. The van der Waals surface area contributed by atoms with Crippen molar-refractivity contribution >= 4 is 55.5 Å². The van der Waals surface area contributed by atoms with Gasteiger partial charge < -0.3 is 8.83 Å². The third-order valence-corrected chi connectivity index (χ3v) is 6.05. The minimum absolute atomic E-state index is 0.143. The monoisotopic (exact) mass is 447 g/mol. The summed E-state index contributed by atoms with van der Waals surface area (Å²) in [5.74, 6) is 1.02. The van der Waals surface area contributed by atoms with Crippen molar-refractivity contribution in [3.05, 3.63) is 90.2 Å². The lowest BCUT2D eigenvalue weighted by atomic mass is 10.1. The topological polar surface area (TPSA) is 65.0 Å². The number of benzene rings is 4. The van der Waals surface area contributed by atoms with E-state index < -0.39 is 0 Å². The van der Waals surface area contributed by atoms with Crippen LogP contribution in [0.15, 0.2) is 93.8 Å². The number of aromatic nitrogens is 3. The lowest BCUT2D eigenvalue weighted by molar-refractivity contribution is 0.668. The minimum atomic E-state index is 0.143. The second-order valence-corrected chi connectivity index (χ2v) is 8.21. The molecular weight excluding hydrogens is 434 g/mol. The van der Waals surface area contributed by atoms with Crippen molar-refractivity contribution in [2.24, 2.45) is 0 Å². The summed E-state index contributed by atoms with van der Waals surface area (Å²) in [5.41, 5.74) is 5.01. The van der Waals surface area contributed by atoms with Gasteiger partial charge in [0.2, 0.25) is 5.28 Å². The Morgan fingerprint density at radius 3 is 1.45 bits per heavy atom. The van der Waals surface area contributed by atoms with Gasteiger partial charge >= 0.3 is 0 Å². The average Bonchev–Trinajstić information content (AvgIpc) is 3.41. The Kier molecular flexibility index (Phi) is 3.83. The van der Waals surface area contributed by atoms with Gasteiger partial charge in [-0.05, 0) is 60.1 Å². The zero-order chi connectivity index (χ0) is 21.9. The summed E-state index contributed by atoms with van der Waals surface area (Å²) < 4.78 is 11.9. The van der Waals surface area contributed by atoms with E-state index in [9.17, 15) is 0 Å². The van der Waals surface area contributed by atoms with Crippen molar-refractivity contribution in [3.63, 3.8) is 0 Å². The third-order valence-electron chi connectivity index (χ3n) is 5.88. The SMILES string of the molecule is Clc1nc(-c2ccc3oc4ccccc4c3c2)nc(-c2ccc3oc4ccccc4c3c2)n1. The van der Waals surface area contributed by atoms with Crippen molar-refractivity contribution in [1.82, 2.24) is 15.0 Å². The smallest absolute Gasteiger partial charge is 0.226 e. The average molecular weight is 448 g/mol. The Morgan fingerprint density at radius 1 is 0.485 bits per heavy atom. The number of hydrogen-bond donors (Lipinski definition) is 0. The number of furan rings is 2. The van der Waals surface area contributed by atoms with E-state index in [1.807, 2.05) is 84.9 Å². The first-order chi connectivity index (χ1) is 16.2. The molecule has 0 atom stereocenters. The summed E-state index contributed by atoms with van der Waals surface area (Å²) in [7, 11) is 0. The van der Waals surface area contributed by atoms with Gasteiger partial charge in [0.25, 0.3) is 0 Å². The molecule has 4 aromatic carbocycles. The van der Waals surface area contributed by atoms with E-state index in [2.05, 4.69) is 9.97 Å². The maximum atomic E-state index is 6.33. The summed E-state index contributed by atoms with van der Waals surface area (Å²) in [6.45, 7) is 0. The molecule has 7 rings (SSSR count). The third kappa shape index (κ3) is 2.90. The summed E-state index contributed by atoms with van der Waals surface area (Å²) in [6, 6.07) is 27.7. The van der Waals surface area contributed by atoms with Crippen molar-refractivity contribution in [2.75, 3.05) is 0 Å². The highest BCUT2D eigenvalue weighted by molar-refractivity contribution is 6.28. The molecule has 6 heteroatoms. The molecule has 0 aliphatic rings. The number of fused-ring (bicyclic) bond motifs is 6. The quantitative estimate of drug-likeness (QED) is 0.272. The van der Waals surface area contributed by atoms with Crippen LogP contribution in [0.5, 0.6) is 0 Å². The van der Waals surface area contributed by atoms with E-state index in [1.165, 1.54) is 0 Å². The van der Waals surface area contributed by atoms with Crippen LogP contribution < -0.4 is 0 Å². The Balaban J connectivity index is 1.39. The molecule has 0 aliphatic heterocycles. The molecule has 3 aromatic heterocycles. The molecular formula is C27H14ClN3O2. The summed E-state index contributed by atoms with van der Waals surface area (Å²) in [6.07, 6.45) is 0. The molecule has 0 spiro atoms. The van der Waals surface area contributed by atoms with Crippen molar-refractivity contribution in [3.8, 4) is 22.8 Å². The zero-order valence-corrected chi connectivity index (χ0v) is 17.9. The highest BCUT2D eigenvalue weighted by atomic mass is 35.5. The Hall–Kier alpha value is -4.22. The first-order valence-electron chi connectivity index (χ1n) is 10.5. The first-order valence-corrected chi connectivity index (χ1v) is 10.9. The van der Waals surface area contributed by atoms with Crippen LogP contribution in [0.1, 0.15) is 0 Å². The van der Waals surface area contributed by atoms with Gasteiger partial charge in [-0.25, -0.2) is 4.98 Å². The number of hydrogen-bond acceptors (Lipinski definition) is 5. The molecule has 3 heterocycles. The van der Waals surface area contributed by atoms with Crippen molar-refractivity contribution in [2.45, 2.75) is 0 Å². The Labute approximate surface area is 192 Å². The number of rotatable bonds is 2. The molecule has 0 aliphatic carbocycles. The van der Waals surface area contributed by atoms with Gasteiger partial charge in [-0.2, -0.15) is 9.97 Å². The molecule has 5 nitrogen and oxygen atoms in total. The van der Waals surface area contributed by atoms with Crippen LogP contribution in [0.4, 0.5) is 0 Å². The second-order valence-electron chi connectivity index (χ2n) is 7.87. The summed E-state index contributed by atoms with van der Waals surface area (Å²) in [5, 5.41) is 4.25. The van der Waals surface area contributed by atoms with Crippen LogP contribution >= 0.6 is 11.6 Å².